The molecule has 170 valence electrons. The zero-order valence-corrected chi connectivity index (χ0v) is 18.5. The number of anilines is 1. The van der Waals surface area contributed by atoms with Gasteiger partial charge in [0.05, 0.1) is 24.5 Å². The van der Waals surface area contributed by atoms with Crippen LogP contribution in [0.5, 0.6) is 11.5 Å². The average Bonchev–Trinajstić information content (AvgIpc) is 3.44. The lowest BCUT2D eigenvalue weighted by molar-refractivity contribution is 0.0516. The first-order valence-electron chi connectivity index (χ1n) is 10.8. The first kappa shape index (κ1) is 20.9. The fraction of sp³-hybridized carbons (Fsp3) is 0.292. The highest BCUT2D eigenvalue weighted by atomic mass is 16.7. The summed E-state index contributed by atoms with van der Waals surface area (Å²) in [7, 11) is 0. The second-order valence-corrected chi connectivity index (χ2v) is 7.91. The third-order valence-corrected chi connectivity index (χ3v) is 5.72. The number of urea groups is 1. The van der Waals surface area contributed by atoms with E-state index >= 15 is 0 Å². The summed E-state index contributed by atoms with van der Waals surface area (Å²) in [5.74, 6) is 0.758. The minimum atomic E-state index is -0.488. The van der Waals surface area contributed by atoms with Crippen molar-refractivity contribution >= 4 is 17.7 Å². The van der Waals surface area contributed by atoms with Gasteiger partial charge >= 0.3 is 12.0 Å². The van der Waals surface area contributed by atoms with E-state index in [1.807, 2.05) is 31.2 Å². The van der Waals surface area contributed by atoms with Gasteiger partial charge in [0, 0.05) is 30.3 Å². The number of hydrogen-bond donors (Lipinski definition) is 1. The molecule has 0 saturated heterocycles. The number of benzene rings is 2. The fourth-order valence-electron chi connectivity index (χ4n) is 4.03. The van der Waals surface area contributed by atoms with E-state index < -0.39 is 5.97 Å². The van der Waals surface area contributed by atoms with Crippen molar-refractivity contribution in [3.63, 3.8) is 0 Å². The summed E-state index contributed by atoms with van der Waals surface area (Å²) < 4.78 is 17.7. The van der Waals surface area contributed by atoms with Gasteiger partial charge in [0.25, 0.3) is 0 Å². The van der Waals surface area contributed by atoms with Crippen molar-refractivity contribution in [2.24, 2.45) is 0 Å². The van der Waals surface area contributed by atoms with Crippen LogP contribution in [0.25, 0.3) is 5.69 Å². The minimum absolute atomic E-state index is 0.170. The molecule has 0 saturated carbocycles. The number of fused-ring (bicyclic) bond motifs is 2. The average molecular weight is 448 g/mol. The molecule has 3 aromatic rings. The van der Waals surface area contributed by atoms with Crippen LogP contribution in [0, 0.1) is 6.92 Å². The number of ether oxygens (including phenoxy) is 3. The smallest absolute Gasteiger partial charge is 0.359 e. The number of nitrogens with zero attached hydrogens (tertiary/aromatic N) is 3. The van der Waals surface area contributed by atoms with Gasteiger partial charge in [-0.2, -0.15) is 5.10 Å². The third-order valence-electron chi connectivity index (χ3n) is 5.72. The van der Waals surface area contributed by atoms with Crippen LogP contribution in [-0.4, -0.2) is 46.6 Å². The quantitative estimate of drug-likeness (QED) is 0.612. The zero-order chi connectivity index (χ0) is 22.9. The highest BCUT2D eigenvalue weighted by molar-refractivity contribution is 5.92. The lowest BCUT2D eigenvalue weighted by Gasteiger charge is -2.28. The molecule has 0 fully saturated rings. The molecule has 2 amide bonds. The molecule has 1 aromatic heterocycles. The van der Waals surface area contributed by atoms with Crippen LogP contribution in [0.4, 0.5) is 10.5 Å². The zero-order valence-electron chi connectivity index (χ0n) is 18.5. The lowest BCUT2D eigenvalue weighted by Crippen LogP contribution is -2.39. The summed E-state index contributed by atoms with van der Waals surface area (Å²) in [6.07, 6.45) is 0.560. The highest BCUT2D eigenvalue weighted by Gasteiger charge is 2.31. The minimum Gasteiger partial charge on any atom is -0.461 e. The van der Waals surface area contributed by atoms with E-state index in [2.05, 4.69) is 10.4 Å². The SMILES string of the molecule is CCOC(=O)c1nn(-c2ccc(C)cc2)c2c1CN(C(=O)Nc1ccc3c(c1)OCO3)CC2. The fourth-order valence-corrected chi connectivity index (χ4v) is 4.03. The first-order valence-corrected chi connectivity index (χ1v) is 10.8. The Labute approximate surface area is 190 Å². The van der Waals surface area contributed by atoms with Gasteiger partial charge in [-0.15, -0.1) is 0 Å². The lowest BCUT2D eigenvalue weighted by atomic mass is 10.0. The number of carbonyl (C=O) groups is 2. The van der Waals surface area contributed by atoms with Crippen molar-refractivity contribution in [1.82, 2.24) is 14.7 Å². The van der Waals surface area contributed by atoms with E-state index in [9.17, 15) is 9.59 Å². The molecule has 5 rings (SSSR count). The van der Waals surface area contributed by atoms with E-state index in [0.29, 0.717) is 35.7 Å². The molecule has 0 unspecified atom stereocenters. The van der Waals surface area contributed by atoms with Gasteiger partial charge in [-0.1, -0.05) is 17.7 Å². The number of hydrogen-bond acceptors (Lipinski definition) is 6. The van der Waals surface area contributed by atoms with Crippen molar-refractivity contribution in [1.29, 1.82) is 0 Å². The Morgan fingerprint density at radius 3 is 2.70 bits per heavy atom. The summed E-state index contributed by atoms with van der Waals surface area (Å²) in [5.41, 5.74) is 4.47. The molecule has 2 aliphatic rings. The first-order chi connectivity index (χ1) is 16.0. The normalized spacial score (nSPS) is 14.1. The van der Waals surface area contributed by atoms with E-state index in [0.717, 1.165) is 16.9 Å². The van der Waals surface area contributed by atoms with E-state index in [1.165, 1.54) is 0 Å². The Balaban J connectivity index is 1.41. The van der Waals surface area contributed by atoms with Gasteiger partial charge in [0.2, 0.25) is 6.79 Å². The molecule has 33 heavy (non-hydrogen) atoms. The largest absolute Gasteiger partial charge is 0.461 e. The van der Waals surface area contributed by atoms with Gasteiger partial charge < -0.3 is 24.4 Å². The predicted octanol–water partition coefficient (Wildman–Crippen LogP) is 3.68. The molecule has 0 radical (unpaired) electrons. The summed E-state index contributed by atoms with van der Waals surface area (Å²) in [6, 6.07) is 12.9. The standard InChI is InChI=1S/C24H24N4O5/c1-3-31-23(29)22-18-13-27(24(30)25-16-6-9-20-21(12-16)33-14-32-20)11-10-19(18)28(26-22)17-7-4-15(2)5-8-17/h4-9,12H,3,10-11,13-14H2,1-2H3,(H,25,30). The van der Waals surface area contributed by atoms with Crippen LogP contribution >= 0.6 is 0 Å². The second kappa shape index (κ2) is 8.50. The van der Waals surface area contributed by atoms with Gasteiger partial charge in [-0.25, -0.2) is 14.3 Å². The van der Waals surface area contributed by atoms with Gasteiger partial charge in [-0.05, 0) is 38.1 Å². The number of aryl methyl sites for hydroxylation is 1. The number of aromatic nitrogens is 2. The molecule has 2 aromatic carbocycles. The van der Waals surface area contributed by atoms with Crippen LogP contribution < -0.4 is 14.8 Å². The van der Waals surface area contributed by atoms with Crippen molar-refractivity contribution < 1.29 is 23.8 Å². The Bertz CT molecular complexity index is 1220. The van der Waals surface area contributed by atoms with Crippen molar-refractivity contribution in [3.05, 3.63) is 65.0 Å². The molecule has 0 spiro atoms. The van der Waals surface area contributed by atoms with E-state index in [-0.39, 0.29) is 31.7 Å². The monoisotopic (exact) mass is 448 g/mol. The van der Waals surface area contributed by atoms with Crippen LogP contribution in [0.1, 0.15) is 34.2 Å². The van der Waals surface area contributed by atoms with Crippen molar-refractivity contribution in [3.8, 4) is 17.2 Å². The molecule has 0 aliphatic carbocycles. The molecule has 3 heterocycles. The van der Waals surface area contributed by atoms with Crippen molar-refractivity contribution in [2.75, 3.05) is 25.3 Å². The van der Waals surface area contributed by atoms with Crippen molar-refractivity contribution in [2.45, 2.75) is 26.8 Å². The molecule has 0 atom stereocenters. The number of esters is 1. The second-order valence-electron chi connectivity index (χ2n) is 7.91. The maximum absolute atomic E-state index is 13.0. The van der Waals surface area contributed by atoms with Crippen LogP contribution in [0.2, 0.25) is 0 Å². The molecular weight excluding hydrogens is 424 g/mol. The Kier molecular flexibility index (Phi) is 5.37. The maximum Gasteiger partial charge on any atom is 0.359 e. The van der Waals surface area contributed by atoms with E-state index in [4.69, 9.17) is 14.2 Å². The third kappa shape index (κ3) is 3.97. The summed E-state index contributed by atoms with van der Waals surface area (Å²) in [5, 5.41) is 7.48. The van der Waals surface area contributed by atoms with Gasteiger partial charge in [-0.3, -0.25) is 0 Å². The number of nitrogens with one attached hydrogen (secondary N) is 1. The van der Waals surface area contributed by atoms with Crippen LogP contribution in [0.3, 0.4) is 0 Å². The molecule has 9 heteroatoms. The van der Waals surface area contributed by atoms with Gasteiger partial charge in [0.15, 0.2) is 17.2 Å². The molecule has 0 bridgehead atoms. The van der Waals surface area contributed by atoms with Crippen LogP contribution in [-0.2, 0) is 17.7 Å². The Hall–Kier alpha value is -4.01. The Morgan fingerprint density at radius 1 is 1.12 bits per heavy atom. The number of amides is 2. The topological polar surface area (TPSA) is 94.9 Å². The molecule has 9 nitrogen and oxygen atoms in total. The molecule has 2 aliphatic heterocycles. The Morgan fingerprint density at radius 2 is 1.91 bits per heavy atom. The highest BCUT2D eigenvalue weighted by Crippen LogP contribution is 2.34. The number of rotatable bonds is 4. The van der Waals surface area contributed by atoms with Crippen LogP contribution in [0.15, 0.2) is 42.5 Å². The molecule has 1 N–H and O–H groups in total. The summed E-state index contributed by atoms with van der Waals surface area (Å²) in [4.78, 5) is 27.3. The maximum atomic E-state index is 13.0. The number of carbonyl (C=O) groups excluding carboxylic acids is 2. The predicted molar refractivity (Wildman–Crippen MR) is 120 cm³/mol. The van der Waals surface area contributed by atoms with Gasteiger partial charge in [0.1, 0.15) is 0 Å². The summed E-state index contributed by atoms with van der Waals surface area (Å²) >= 11 is 0. The van der Waals surface area contributed by atoms with E-state index in [1.54, 1.807) is 34.7 Å². The molecular formula is C24H24N4O5. The summed E-state index contributed by atoms with van der Waals surface area (Å²) in [6.45, 7) is 4.94.